The van der Waals surface area contributed by atoms with E-state index in [1.54, 1.807) is 20.8 Å². The van der Waals surface area contributed by atoms with Gasteiger partial charge >= 0.3 is 5.97 Å². The van der Waals surface area contributed by atoms with Gasteiger partial charge < -0.3 is 10.4 Å². The molecule has 1 amide bonds. The minimum Gasteiger partial charge on any atom is -0.480 e. The number of carboxylic acid groups (broad SMARTS) is 1. The van der Waals surface area contributed by atoms with Gasteiger partial charge in [0.1, 0.15) is 17.7 Å². The lowest BCUT2D eigenvalue weighted by Crippen LogP contribution is -2.49. The van der Waals surface area contributed by atoms with Gasteiger partial charge in [-0.25, -0.2) is 13.6 Å². The van der Waals surface area contributed by atoms with E-state index >= 15 is 0 Å². The Balaban J connectivity index is 3.01. The summed E-state index contributed by atoms with van der Waals surface area (Å²) in [7, 11) is 0. The number of rotatable bonds is 3. The van der Waals surface area contributed by atoms with E-state index in [1.165, 1.54) is 0 Å². The van der Waals surface area contributed by atoms with Crippen molar-refractivity contribution >= 4 is 11.9 Å². The molecule has 0 bridgehead atoms. The van der Waals surface area contributed by atoms with E-state index in [0.717, 1.165) is 18.2 Å². The highest BCUT2D eigenvalue weighted by atomic mass is 19.1. The highest BCUT2D eigenvalue weighted by Gasteiger charge is 2.33. The van der Waals surface area contributed by atoms with Crippen molar-refractivity contribution in [1.82, 2.24) is 5.32 Å². The van der Waals surface area contributed by atoms with Gasteiger partial charge in [-0.05, 0) is 23.6 Å². The summed E-state index contributed by atoms with van der Waals surface area (Å²) in [5, 5.41) is 11.2. The average molecular weight is 271 g/mol. The number of nitrogens with one attached hydrogen (secondary N) is 1. The van der Waals surface area contributed by atoms with Crippen LogP contribution in [0.1, 0.15) is 31.1 Å². The molecule has 0 spiro atoms. The fourth-order valence-electron chi connectivity index (χ4n) is 1.53. The lowest BCUT2D eigenvalue weighted by molar-refractivity contribution is -0.142. The molecule has 0 aromatic heterocycles. The summed E-state index contributed by atoms with van der Waals surface area (Å²) in [4.78, 5) is 22.9. The van der Waals surface area contributed by atoms with Crippen LogP contribution in [0.3, 0.4) is 0 Å². The molecule has 0 radical (unpaired) electrons. The van der Waals surface area contributed by atoms with Crippen LogP contribution in [-0.4, -0.2) is 23.0 Å². The molecule has 0 fully saturated rings. The molecular formula is C13H15F2NO3. The van der Waals surface area contributed by atoms with Gasteiger partial charge in [-0.15, -0.1) is 0 Å². The number of benzene rings is 1. The van der Waals surface area contributed by atoms with Crippen LogP contribution < -0.4 is 5.32 Å². The average Bonchev–Trinajstić information content (AvgIpc) is 2.26. The third-order valence-corrected chi connectivity index (χ3v) is 2.56. The summed E-state index contributed by atoms with van der Waals surface area (Å²) in [6, 6.07) is 1.22. The number of carbonyl (C=O) groups is 2. The Morgan fingerprint density at radius 1 is 1.26 bits per heavy atom. The number of hydrogen-bond donors (Lipinski definition) is 2. The number of halogens is 2. The SMILES string of the molecule is CC(C)(C)[C@H](NC(=O)c1cc(F)ccc1F)C(=O)O. The molecule has 4 nitrogen and oxygen atoms in total. The van der Waals surface area contributed by atoms with Crippen molar-refractivity contribution in [3.05, 3.63) is 35.4 Å². The van der Waals surface area contributed by atoms with Crippen molar-refractivity contribution in [1.29, 1.82) is 0 Å². The number of hydrogen-bond acceptors (Lipinski definition) is 2. The molecule has 0 unspecified atom stereocenters. The standard InChI is InChI=1S/C13H15F2NO3/c1-13(2,3)10(12(18)19)16-11(17)8-6-7(14)4-5-9(8)15/h4-6,10H,1-3H3,(H,16,17)(H,18,19)/t10-/m1/s1. The van der Waals surface area contributed by atoms with Crippen LogP contribution in [0, 0.1) is 17.0 Å². The van der Waals surface area contributed by atoms with E-state index in [9.17, 15) is 18.4 Å². The van der Waals surface area contributed by atoms with E-state index < -0.39 is 40.5 Å². The van der Waals surface area contributed by atoms with E-state index in [-0.39, 0.29) is 0 Å². The summed E-state index contributed by atoms with van der Waals surface area (Å²) in [6.07, 6.45) is 0. The quantitative estimate of drug-likeness (QED) is 0.885. The molecule has 19 heavy (non-hydrogen) atoms. The first-order chi connectivity index (χ1) is 8.62. The molecular weight excluding hydrogens is 256 g/mol. The molecule has 0 aliphatic rings. The molecule has 6 heteroatoms. The van der Waals surface area contributed by atoms with Crippen LogP contribution in [0.5, 0.6) is 0 Å². The zero-order valence-electron chi connectivity index (χ0n) is 10.8. The summed E-state index contributed by atoms with van der Waals surface area (Å²) < 4.78 is 26.4. The van der Waals surface area contributed by atoms with Crippen molar-refractivity contribution in [2.75, 3.05) is 0 Å². The van der Waals surface area contributed by atoms with Crippen LogP contribution in [0.4, 0.5) is 8.78 Å². The third-order valence-electron chi connectivity index (χ3n) is 2.56. The van der Waals surface area contributed by atoms with Crippen LogP contribution in [0.2, 0.25) is 0 Å². The number of aliphatic carboxylic acids is 1. The molecule has 0 aliphatic carbocycles. The molecule has 1 rings (SSSR count). The summed E-state index contributed by atoms with van der Waals surface area (Å²) in [5.74, 6) is -3.87. The second-order valence-electron chi connectivity index (χ2n) is 5.23. The maximum absolute atomic E-state index is 13.4. The lowest BCUT2D eigenvalue weighted by atomic mass is 9.86. The maximum Gasteiger partial charge on any atom is 0.326 e. The van der Waals surface area contributed by atoms with E-state index in [2.05, 4.69) is 5.32 Å². The van der Waals surface area contributed by atoms with Crippen molar-refractivity contribution in [3.8, 4) is 0 Å². The Labute approximate surface area is 109 Å². The van der Waals surface area contributed by atoms with Gasteiger partial charge in [0, 0.05) is 0 Å². The number of amides is 1. The fourth-order valence-corrected chi connectivity index (χ4v) is 1.53. The highest BCUT2D eigenvalue weighted by Crippen LogP contribution is 2.20. The minimum atomic E-state index is -1.24. The number of carboxylic acids is 1. The second-order valence-corrected chi connectivity index (χ2v) is 5.23. The first-order valence-electron chi connectivity index (χ1n) is 5.61. The molecule has 1 aromatic rings. The topological polar surface area (TPSA) is 66.4 Å². The smallest absolute Gasteiger partial charge is 0.326 e. The monoisotopic (exact) mass is 271 g/mol. The molecule has 1 atom stereocenters. The maximum atomic E-state index is 13.4. The first-order valence-corrected chi connectivity index (χ1v) is 5.61. The van der Waals surface area contributed by atoms with Crippen molar-refractivity contribution in [2.45, 2.75) is 26.8 Å². The first kappa shape index (κ1) is 15.1. The van der Waals surface area contributed by atoms with Gasteiger partial charge in [0.15, 0.2) is 0 Å². The van der Waals surface area contributed by atoms with E-state index in [4.69, 9.17) is 5.11 Å². The van der Waals surface area contributed by atoms with Gasteiger partial charge in [-0.2, -0.15) is 0 Å². The molecule has 2 N–H and O–H groups in total. The van der Waals surface area contributed by atoms with Crippen LogP contribution >= 0.6 is 0 Å². The Morgan fingerprint density at radius 2 is 1.84 bits per heavy atom. The second kappa shape index (κ2) is 5.34. The molecule has 104 valence electrons. The number of carbonyl (C=O) groups excluding carboxylic acids is 1. The molecule has 0 aliphatic heterocycles. The zero-order chi connectivity index (χ0) is 14.8. The van der Waals surface area contributed by atoms with Crippen molar-refractivity contribution < 1.29 is 23.5 Å². The normalized spacial score (nSPS) is 12.9. The minimum absolute atomic E-state index is 0.518. The zero-order valence-corrected chi connectivity index (χ0v) is 10.8. The van der Waals surface area contributed by atoms with Crippen molar-refractivity contribution in [2.24, 2.45) is 5.41 Å². The Kier molecular flexibility index (Phi) is 4.24. The molecule has 0 saturated carbocycles. The van der Waals surface area contributed by atoms with Crippen LogP contribution in [-0.2, 0) is 4.79 Å². The van der Waals surface area contributed by atoms with E-state index in [0.29, 0.717) is 0 Å². The molecule has 0 saturated heterocycles. The predicted octanol–water partition coefficient (Wildman–Crippen LogP) is 2.19. The van der Waals surface area contributed by atoms with Crippen LogP contribution in [0.25, 0.3) is 0 Å². The van der Waals surface area contributed by atoms with Gasteiger partial charge in [-0.3, -0.25) is 4.79 Å². The Bertz CT molecular complexity index is 509. The highest BCUT2D eigenvalue weighted by molar-refractivity contribution is 5.97. The summed E-state index contributed by atoms with van der Waals surface area (Å²) >= 11 is 0. The van der Waals surface area contributed by atoms with Gasteiger partial charge in [0.2, 0.25) is 0 Å². The van der Waals surface area contributed by atoms with Gasteiger partial charge in [0.25, 0.3) is 5.91 Å². The van der Waals surface area contributed by atoms with Crippen LogP contribution in [0.15, 0.2) is 18.2 Å². The van der Waals surface area contributed by atoms with Crippen molar-refractivity contribution in [3.63, 3.8) is 0 Å². The summed E-state index contributed by atoms with van der Waals surface area (Å²) in [5.41, 5.74) is -1.28. The fraction of sp³-hybridized carbons (Fsp3) is 0.385. The Morgan fingerprint density at radius 3 is 2.32 bits per heavy atom. The third kappa shape index (κ3) is 3.74. The van der Waals surface area contributed by atoms with Gasteiger partial charge in [0.05, 0.1) is 5.56 Å². The summed E-state index contributed by atoms with van der Waals surface area (Å²) in [6.45, 7) is 4.86. The lowest BCUT2D eigenvalue weighted by Gasteiger charge is -2.27. The van der Waals surface area contributed by atoms with Gasteiger partial charge in [-0.1, -0.05) is 20.8 Å². The molecule has 1 aromatic carbocycles. The predicted molar refractivity (Wildman–Crippen MR) is 64.7 cm³/mol. The molecule has 0 heterocycles. The van der Waals surface area contributed by atoms with E-state index in [1.807, 2.05) is 0 Å². The largest absolute Gasteiger partial charge is 0.480 e. The Hall–Kier alpha value is -1.98.